The number of fused-ring (bicyclic) bond motifs is 1. The molecule has 0 fully saturated rings. The molecule has 106 valence electrons. The molecule has 0 aliphatic rings. The number of H-pyrrole nitrogens is 1. The standard InChI is InChI=1S/C14H17N3O3/c18-9-8-15-13(19)7-3-6-12-16-11-5-2-1-4-10(11)14(20)17-12/h1-2,4-5,18H,3,6-9H2,(H,15,19)(H,16,17,20). The maximum Gasteiger partial charge on any atom is 0.258 e. The Balaban J connectivity index is 1.97. The van der Waals surface area contributed by atoms with Gasteiger partial charge in [0.1, 0.15) is 5.82 Å². The topological polar surface area (TPSA) is 95.1 Å². The van der Waals surface area contributed by atoms with Crippen LogP contribution in [0.1, 0.15) is 18.7 Å². The molecule has 2 rings (SSSR count). The Morgan fingerprint density at radius 2 is 2.15 bits per heavy atom. The second-order valence-electron chi connectivity index (χ2n) is 4.46. The van der Waals surface area contributed by atoms with Crippen molar-refractivity contribution in [3.8, 4) is 0 Å². The van der Waals surface area contributed by atoms with Crippen molar-refractivity contribution in [1.82, 2.24) is 15.3 Å². The molecular formula is C14H17N3O3. The van der Waals surface area contributed by atoms with E-state index in [1.165, 1.54) is 0 Å². The summed E-state index contributed by atoms with van der Waals surface area (Å²) in [6.07, 6.45) is 1.47. The first-order valence-corrected chi connectivity index (χ1v) is 6.56. The molecule has 0 saturated carbocycles. The average Bonchev–Trinajstić information content (AvgIpc) is 2.45. The van der Waals surface area contributed by atoms with Crippen LogP contribution in [0.3, 0.4) is 0 Å². The zero-order valence-electron chi connectivity index (χ0n) is 11.1. The average molecular weight is 275 g/mol. The van der Waals surface area contributed by atoms with Gasteiger partial charge in [0.05, 0.1) is 17.5 Å². The van der Waals surface area contributed by atoms with Crippen LogP contribution in [0.15, 0.2) is 29.1 Å². The van der Waals surface area contributed by atoms with Crippen molar-refractivity contribution in [2.24, 2.45) is 0 Å². The van der Waals surface area contributed by atoms with E-state index >= 15 is 0 Å². The number of aryl methyl sites for hydroxylation is 1. The van der Waals surface area contributed by atoms with Crippen LogP contribution in [0.5, 0.6) is 0 Å². The third kappa shape index (κ3) is 3.64. The number of nitrogens with one attached hydrogen (secondary N) is 2. The summed E-state index contributed by atoms with van der Waals surface area (Å²) in [6, 6.07) is 7.15. The number of para-hydroxylation sites is 1. The van der Waals surface area contributed by atoms with Crippen molar-refractivity contribution in [3.05, 3.63) is 40.4 Å². The van der Waals surface area contributed by atoms with Gasteiger partial charge in [-0.15, -0.1) is 0 Å². The number of nitrogens with zero attached hydrogens (tertiary/aromatic N) is 1. The number of aromatic amines is 1. The molecule has 0 aliphatic carbocycles. The van der Waals surface area contributed by atoms with Crippen LogP contribution in [0, 0.1) is 0 Å². The van der Waals surface area contributed by atoms with E-state index in [9.17, 15) is 9.59 Å². The lowest BCUT2D eigenvalue weighted by Gasteiger charge is -2.04. The lowest BCUT2D eigenvalue weighted by atomic mass is 10.2. The van der Waals surface area contributed by atoms with E-state index in [0.29, 0.717) is 36.0 Å². The van der Waals surface area contributed by atoms with Crippen molar-refractivity contribution in [1.29, 1.82) is 0 Å². The minimum atomic E-state index is -0.157. The molecule has 0 saturated heterocycles. The predicted octanol–water partition coefficient (Wildman–Crippen LogP) is 0.354. The molecule has 6 nitrogen and oxygen atoms in total. The maximum absolute atomic E-state index is 11.8. The van der Waals surface area contributed by atoms with Crippen molar-refractivity contribution in [2.45, 2.75) is 19.3 Å². The SMILES string of the molecule is O=C(CCCc1nc2ccccc2c(=O)[nH]1)NCCO. The van der Waals surface area contributed by atoms with Gasteiger partial charge in [0.15, 0.2) is 0 Å². The highest BCUT2D eigenvalue weighted by atomic mass is 16.3. The molecule has 0 aliphatic heterocycles. The summed E-state index contributed by atoms with van der Waals surface area (Å²) in [6.45, 7) is 0.204. The Morgan fingerprint density at radius 3 is 2.95 bits per heavy atom. The minimum absolute atomic E-state index is 0.0642. The molecule has 1 heterocycles. The van der Waals surface area contributed by atoms with Gasteiger partial charge in [0.2, 0.25) is 5.91 Å². The molecule has 1 amide bonds. The van der Waals surface area contributed by atoms with Crippen molar-refractivity contribution in [2.75, 3.05) is 13.2 Å². The Hall–Kier alpha value is -2.21. The maximum atomic E-state index is 11.8. The number of hydrogen-bond donors (Lipinski definition) is 3. The number of carbonyl (C=O) groups excluding carboxylic acids is 1. The fourth-order valence-electron chi connectivity index (χ4n) is 1.95. The van der Waals surface area contributed by atoms with E-state index in [1.54, 1.807) is 18.2 Å². The highest BCUT2D eigenvalue weighted by Gasteiger charge is 2.05. The summed E-state index contributed by atoms with van der Waals surface area (Å²) < 4.78 is 0. The van der Waals surface area contributed by atoms with Crippen LogP contribution < -0.4 is 10.9 Å². The Bertz CT molecular complexity index is 651. The number of carbonyl (C=O) groups is 1. The van der Waals surface area contributed by atoms with Gasteiger partial charge in [-0.25, -0.2) is 4.98 Å². The van der Waals surface area contributed by atoms with E-state index in [1.807, 2.05) is 6.07 Å². The second-order valence-corrected chi connectivity index (χ2v) is 4.46. The molecule has 0 radical (unpaired) electrons. The van der Waals surface area contributed by atoms with Crippen LogP contribution in [0.4, 0.5) is 0 Å². The van der Waals surface area contributed by atoms with E-state index < -0.39 is 0 Å². The van der Waals surface area contributed by atoms with Gasteiger partial charge in [-0.2, -0.15) is 0 Å². The molecular weight excluding hydrogens is 258 g/mol. The van der Waals surface area contributed by atoms with E-state index in [2.05, 4.69) is 15.3 Å². The van der Waals surface area contributed by atoms with Gasteiger partial charge in [0, 0.05) is 19.4 Å². The summed E-state index contributed by atoms with van der Waals surface area (Å²) in [7, 11) is 0. The highest BCUT2D eigenvalue weighted by Crippen LogP contribution is 2.07. The van der Waals surface area contributed by atoms with Crippen LogP contribution in [0.2, 0.25) is 0 Å². The molecule has 1 aromatic carbocycles. The third-order valence-electron chi connectivity index (χ3n) is 2.91. The van der Waals surface area contributed by atoms with Gasteiger partial charge in [-0.05, 0) is 18.6 Å². The van der Waals surface area contributed by atoms with Crippen LogP contribution in [-0.4, -0.2) is 34.1 Å². The van der Waals surface area contributed by atoms with Crippen molar-refractivity contribution < 1.29 is 9.90 Å². The fraction of sp³-hybridized carbons (Fsp3) is 0.357. The van der Waals surface area contributed by atoms with E-state index in [0.717, 1.165) is 0 Å². The molecule has 3 N–H and O–H groups in total. The molecule has 0 unspecified atom stereocenters. The normalized spacial score (nSPS) is 10.7. The van der Waals surface area contributed by atoms with Crippen molar-refractivity contribution >= 4 is 16.8 Å². The van der Waals surface area contributed by atoms with Gasteiger partial charge in [-0.3, -0.25) is 9.59 Å². The molecule has 0 bridgehead atoms. The molecule has 1 aromatic heterocycles. The molecule has 6 heteroatoms. The molecule has 20 heavy (non-hydrogen) atoms. The van der Waals surface area contributed by atoms with Crippen LogP contribution >= 0.6 is 0 Å². The summed E-state index contributed by atoms with van der Waals surface area (Å²) >= 11 is 0. The van der Waals surface area contributed by atoms with Crippen molar-refractivity contribution in [3.63, 3.8) is 0 Å². The number of aromatic nitrogens is 2. The summed E-state index contributed by atoms with van der Waals surface area (Å²) in [4.78, 5) is 30.3. The smallest absolute Gasteiger partial charge is 0.258 e. The lowest BCUT2D eigenvalue weighted by Crippen LogP contribution is -2.26. The molecule has 2 aromatic rings. The highest BCUT2D eigenvalue weighted by molar-refractivity contribution is 5.77. The quantitative estimate of drug-likeness (QED) is 0.709. The van der Waals surface area contributed by atoms with E-state index in [-0.39, 0.29) is 24.6 Å². The fourth-order valence-corrected chi connectivity index (χ4v) is 1.95. The zero-order chi connectivity index (χ0) is 14.4. The van der Waals surface area contributed by atoms with Gasteiger partial charge >= 0.3 is 0 Å². The van der Waals surface area contributed by atoms with Crippen LogP contribution in [0.25, 0.3) is 10.9 Å². The zero-order valence-corrected chi connectivity index (χ0v) is 11.1. The number of hydrogen-bond acceptors (Lipinski definition) is 4. The predicted molar refractivity (Wildman–Crippen MR) is 75.4 cm³/mol. The Labute approximate surface area is 115 Å². The lowest BCUT2D eigenvalue weighted by molar-refractivity contribution is -0.121. The Kier molecular flexibility index (Phi) is 4.84. The first kappa shape index (κ1) is 14.2. The number of amides is 1. The first-order chi connectivity index (χ1) is 9.70. The second kappa shape index (κ2) is 6.81. The third-order valence-corrected chi connectivity index (χ3v) is 2.91. The Morgan fingerprint density at radius 1 is 1.35 bits per heavy atom. The van der Waals surface area contributed by atoms with Crippen LogP contribution in [-0.2, 0) is 11.2 Å². The number of aliphatic hydroxyl groups is 1. The first-order valence-electron chi connectivity index (χ1n) is 6.56. The van der Waals surface area contributed by atoms with Gasteiger partial charge in [-0.1, -0.05) is 12.1 Å². The summed E-state index contributed by atoms with van der Waals surface area (Å²) in [5, 5.41) is 11.7. The monoisotopic (exact) mass is 275 g/mol. The largest absolute Gasteiger partial charge is 0.395 e. The molecule has 0 atom stereocenters. The van der Waals surface area contributed by atoms with E-state index in [4.69, 9.17) is 5.11 Å². The summed E-state index contributed by atoms with van der Waals surface area (Å²) in [5.74, 6) is 0.478. The number of rotatable bonds is 6. The molecule has 0 spiro atoms. The summed E-state index contributed by atoms with van der Waals surface area (Å²) in [5.41, 5.74) is 0.506. The number of aliphatic hydroxyl groups excluding tert-OH is 1. The van der Waals surface area contributed by atoms with Gasteiger partial charge < -0.3 is 15.4 Å². The minimum Gasteiger partial charge on any atom is -0.395 e. The number of benzene rings is 1. The van der Waals surface area contributed by atoms with Gasteiger partial charge in [0.25, 0.3) is 5.56 Å².